The Labute approximate surface area is 150 Å². The van der Waals surface area contributed by atoms with Gasteiger partial charge in [0.15, 0.2) is 0 Å². The fourth-order valence-electron chi connectivity index (χ4n) is 2.98. The molecule has 3 aromatic rings. The van der Waals surface area contributed by atoms with E-state index in [1.165, 1.54) is 11.1 Å². The molecule has 1 aromatic heterocycles. The van der Waals surface area contributed by atoms with E-state index in [1.54, 1.807) is 0 Å². The van der Waals surface area contributed by atoms with Crippen LogP contribution in [0.5, 0.6) is 0 Å². The third-order valence-electron chi connectivity index (χ3n) is 4.33. The molecule has 2 aromatic carbocycles. The molecule has 0 saturated heterocycles. The van der Waals surface area contributed by atoms with E-state index in [1.807, 2.05) is 42.6 Å². The number of aromatic nitrogens is 1. The van der Waals surface area contributed by atoms with Crippen LogP contribution < -0.4 is 0 Å². The molecule has 1 heterocycles. The number of para-hydroxylation sites is 1. The molecule has 2 nitrogen and oxygen atoms in total. The Balaban J connectivity index is 2.25. The van der Waals surface area contributed by atoms with Crippen LogP contribution in [0.4, 0.5) is 5.69 Å². The second-order valence-electron chi connectivity index (χ2n) is 6.40. The SMILES string of the molecule is CCc1cccc(C(C)C)c1N=C(c1ccccc1)c1ccccn1. The third kappa shape index (κ3) is 3.85. The lowest BCUT2D eigenvalue weighted by Gasteiger charge is -2.15. The highest BCUT2D eigenvalue weighted by molar-refractivity contribution is 6.13. The highest BCUT2D eigenvalue weighted by Crippen LogP contribution is 2.32. The number of benzene rings is 2. The van der Waals surface area contributed by atoms with Gasteiger partial charge in [0.2, 0.25) is 0 Å². The fourth-order valence-corrected chi connectivity index (χ4v) is 2.98. The summed E-state index contributed by atoms with van der Waals surface area (Å²) < 4.78 is 0. The average Bonchev–Trinajstić information content (AvgIpc) is 2.67. The number of aliphatic imine (C=N–C) groups is 1. The molecule has 0 unspecified atom stereocenters. The van der Waals surface area contributed by atoms with Gasteiger partial charge in [-0.3, -0.25) is 4.98 Å². The van der Waals surface area contributed by atoms with Gasteiger partial charge < -0.3 is 0 Å². The van der Waals surface area contributed by atoms with Crippen molar-refractivity contribution in [3.05, 3.63) is 95.3 Å². The molecule has 3 rings (SSSR count). The van der Waals surface area contributed by atoms with E-state index in [0.717, 1.165) is 29.1 Å². The lowest BCUT2D eigenvalue weighted by Crippen LogP contribution is -2.06. The van der Waals surface area contributed by atoms with Gasteiger partial charge in [0, 0.05) is 11.8 Å². The molecule has 0 radical (unpaired) electrons. The first-order valence-electron chi connectivity index (χ1n) is 8.88. The van der Waals surface area contributed by atoms with Crippen molar-refractivity contribution in [2.75, 3.05) is 0 Å². The summed E-state index contributed by atoms with van der Waals surface area (Å²) in [5.41, 5.74) is 6.55. The fraction of sp³-hybridized carbons (Fsp3) is 0.217. The average molecular weight is 328 g/mol. The van der Waals surface area contributed by atoms with Gasteiger partial charge in [-0.15, -0.1) is 0 Å². The largest absolute Gasteiger partial charge is 0.255 e. The van der Waals surface area contributed by atoms with Crippen LogP contribution in [0.2, 0.25) is 0 Å². The maximum atomic E-state index is 5.15. The van der Waals surface area contributed by atoms with Gasteiger partial charge in [-0.25, -0.2) is 4.99 Å². The number of hydrogen-bond acceptors (Lipinski definition) is 2. The normalized spacial score (nSPS) is 11.8. The Morgan fingerprint density at radius 3 is 2.32 bits per heavy atom. The summed E-state index contributed by atoms with van der Waals surface area (Å²) >= 11 is 0. The van der Waals surface area contributed by atoms with Crippen LogP contribution in [0.15, 0.2) is 77.9 Å². The Bertz CT molecular complexity index is 808. The standard InChI is InChI=1S/C23H24N2/c1-4-18-13-10-14-20(17(2)3)22(18)25-23(19-11-6-5-7-12-19)21-15-8-9-16-24-21/h5-17H,4H2,1-3H3. The number of aryl methyl sites for hydroxylation is 1. The number of hydrogen-bond donors (Lipinski definition) is 0. The zero-order valence-electron chi connectivity index (χ0n) is 15.1. The van der Waals surface area contributed by atoms with Crippen molar-refractivity contribution in [2.24, 2.45) is 4.99 Å². The molecule has 0 saturated carbocycles. The van der Waals surface area contributed by atoms with Crippen LogP contribution in [0, 0.1) is 0 Å². The van der Waals surface area contributed by atoms with E-state index in [-0.39, 0.29) is 0 Å². The van der Waals surface area contributed by atoms with E-state index in [4.69, 9.17) is 4.99 Å². The minimum Gasteiger partial charge on any atom is -0.255 e. The van der Waals surface area contributed by atoms with Crippen LogP contribution in [0.1, 0.15) is 49.1 Å². The van der Waals surface area contributed by atoms with Gasteiger partial charge in [0.25, 0.3) is 0 Å². The Hall–Kier alpha value is -2.74. The highest BCUT2D eigenvalue weighted by Gasteiger charge is 2.14. The van der Waals surface area contributed by atoms with Gasteiger partial charge in [0.1, 0.15) is 0 Å². The summed E-state index contributed by atoms with van der Waals surface area (Å²) in [5.74, 6) is 0.422. The summed E-state index contributed by atoms with van der Waals surface area (Å²) in [6.07, 6.45) is 2.78. The van der Waals surface area contributed by atoms with E-state index in [2.05, 4.69) is 56.1 Å². The molecular weight excluding hydrogens is 304 g/mol. The first-order valence-corrected chi connectivity index (χ1v) is 8.88. The molecule has 0 spiro atoms. The molecule has 0 bridgehead atoms. The summed E-state index contributed by atoms with van der Waals surface area (Å²) in [5, 5.41) is 0. The molecule has 0 amide bonds. The van der Waals surface area contributed by atoms with Gasteiger partial charge >= 0.3 is 0 Å². The minimum absolute atomic E-state index is 0.422. The van der Waals surface area contributed by atoms with Crippen molar-refractivity contribution in [1.82, 2.24) is 4.98 Å². The van der Waals surface area contributed by atoms with Crippen molar-refractivity contribution < 1.29 is 0 Å². The van der Waals surface area contributed by atoms with Crippen molar-refractivity contribution in [1.29, 1.82) is 0 Å². The first-order chi connectivity index (χ1) is 12.2. The van der Waals surface area contributed by atoms with Crippen molar-refractivity contribution in [2.45, 2.75) is 33.1 Å². The molecule has 0 aliphatic carbocycles. The van der Waals surface area contributed by atoms with Gasteiger partial charge in [-0.1, -0.05) is 75.4 Å². The minimum atomic E-state index is 0.422. The lowest BCUT2D eigenvalue weighted by molar-refractivity contribution is 0.862. The summed E-state index contributed by atoms with van der Waals surface area (Å²) in [7, 11) is 0. The van der Waals surface area contributed by atoms with Gasteiger partial charge in [-0.05, 0) is 35.6 Å². The molecule has 0 atom stereocenters. The van der Waals surface area contributed by atoms with E-state index < -0.39 is 0 Å². The van der Waals surface area contributed by atoms with Crippen molar-refractivity contribution in [3.63, 3.8) is 0 Å². The first kappa shape index (κ1) is 17.1. The zero-order chi connectivity index (χ0) is 17.6. The second kappa shape index (κ2) is 7.89. The van der Waals surface area contributed by atoms with E-state index in [0.29, 0.717) is 5.92 Å². The second-order valence-corrected chi connectivity index (χ2v) is 6.40. The van der Waals surface area contributed by atoms with Crippen molar-refractivity contribution in [3.8, 4) is 0 Å². The molecule has 0 fully saturated rings. The number of pyridine rings is 1. The van der Waals surface area contributed by atoms with Gasteiger partial charge in [-0.2, -0.15) is 0 Å². The van der Waals surface area contributed by atoms with Crippen LogP contribution in [-0.2, 0) is 6.42 Å². The maximum Gasteiger partial charge on any atom is 0.0965 e. The van der Waals surface area contributed by atoms with Gasteiger partial charge in [0.05, 0.1) is 17.1 Å². The predicted octanol–water partition coefficient (Wildman–Crippen LogP) is 5.94. The lowest BCUT2D eigenvalue weighted by atomic mass is 9.96. The van der Waals surface area contributed by atoms with Crippen LogP contribution in [0.3, 0.4) is 0 Å². The Kier molecular flexibility index (Phi) is 5.39. The quantitative estimate of drug-likeness (QED) is 0.532. The maximum absolute atomic E-state index is 5.15. The zero-order valence-corrected chi connectivity index (χ0v) is 15.1. The topological polar surface area (TPSA) is 25.2 Å². The molecule has 0 N–H and O–H groups in total. The Morgan fingerprint density at radius 2 is 1.68 bits per heavy atom. The molecule has 0 aliphatic rings. The molecule has 0 aliphatic heterocycles. The summed E-state index contributed by atoms with van der Waals surface area (Å²) in [4.78, 5) is 9.70. The number of rotatable bonds is 5. The molecule has 126 valence electrons. The predicted molar refractivity (Wildman–Crippen MR) is 106 cm³/mol. The summed E-state index contributed by atoms with van der Waals surface area (Å²) in [6.45, 7) is 6.62. The monoisotopic (exact) mass is 328 g/mol. The van der Waals surface area contributed by atoms with Crippen molar-refractivity contribution >= 4 is 11.4 Å². The molecule has 25 heavy (non-hydrogen) atoms. The Morgan fingerprint density at radius 1 is 0.920 bits per heavy atom. The summed E-state index contributed by atoms with van der Waals surface area (Å²) in [6, 6.07) is 22.8. The van der Waals surface area contributed by atoms with E-state index >= 15 is 0 Å². The molecule has 2 heteroatoms. The smallest absolute Gasteiger partial charge is 0.0965 e. The highest BCUT2D eigenvalue weighted by atomic mass is 14.8. The van der Waals surface area contributed by atoms with Crippen LogP contribution in [0.25, 0.3) is 0 Å². The van der Waals surface area contributed by atoms with E-state index in [9.17, 15) is 0 Å². The van der Waals surface area contributed by atoms with Crippen LogP contribution >= 0.6 is 0 Å². The third-order valence-corrected chi connectivity index (χ3v) is 4.33. The number of nitrogens with zero attached hydrogens (tertiary/aromatic N) is 2. The molecular formula is C23H24N2. The van der Waals surface area contributed by atoms with Crippen LogP contribution in [-0.4, -0.2) is 10.7 Å².